The fourth-order valence-electron chi connectivity index (χ4n) is 1.96. The first-order chi connectivity index (χ1) is 8.66. The molecule has 1 atom stereocenters. The molecule has 0 spiro atoms. The zero-order valence-electron chi connectivity index (χ0n) is 10.3. The third-order valence-electron chi connectivity index (χ3n) is 2.77. The molecule has 0 radical (unpaired) electrons. The summed E-state index contributed by atoms with van der Waals surface area (Å²) in [6.45, 7) is 3.06. The van der Waals surface area contributed by atoms with Crippen LogP contribution < -0.4 is 0 Å². The van der Waals surface area contributed by atoms with Crippen molar-refractivity contribution in [3.05, 3.63) is 17.5 Å². The van der Waals surface area contributed by atoms with Gasteiger partial charge < -0.3 is 14.6 Å². The number of likely N-dealkylation sites (N-methyl/N-ethyl adjacent to an activating group) is 1. The van der Waals surface area contributed by atoms with E-state index in [-0.39, 0.29) is 11.8 Å². The highest BCUT2D eigenvalue weighted by molar-refractivity contribution is 5.86. The highest BCUT2D eigenvalue weighted by Gasteiger charge is 2.19. The normalized spacial score (nSPS) is 20.2. The third kappa shape index (κ3) is 3.28. The molecule has 0 saturated carbocycles. The largest absolute Gasteiger partial charge is 0.477 e. The molecule has 7 nitrogen and oxygen atoms in total. The van der Waals surface area contributed by atoms with Crippen LogP contribution in [-0.4, -0.2) is 65.7 Å². The van der Waals surface area contributed by atoms with Crippen molar-refractivity contribution in [2.24, 2.45) is 0 Å². The molecule has 2 rings (SSSR count). The number of carboxylic acids is 1. The molecule has 18 heavy (non-hydrogen) atoms. The van der Waals surface area contributed by atoms with E-state index in [2.05, 4.69) is 10.2 Å². The van der Waals surface area contributed by atoms with Crippen molar-refractivity contribution < 1.29 is 19.4 Å². The molecule has 1 aliphatic rings. The fraction of sp³-hybridized carbons (Fsp3) is 0.636. The molecule has 0 amide bonds. The average Bonchev–Trinajstić information content (AvgIpc) is 2.78. The quantitative estimate of drug-likeness (QED) is 0.767. The Balaban J connectivity index is 1.88. The van der Waals surface area contributed by atoms with Gasteiger partial charge in [-0.05, 0) is 7.05 Å². The van der Waals surface area contributed by atoms with Crippen LogP contribution >= 0.6 is 0 Å². The second-order valence-corrected chi connectivity index (χ2v) is 4.34. The highest BCUT2D eigenvalue weighted by atomic mass is 16.6. The summed E-state index contributed by atoms with van der Waals surface area (Å²) in [6, 6.07) is 0. The molecule has 2 N–H and O–H groups in total. The van der Waals surface area contributed by atoms with Gasteiger partial charge in [-0.15, -0.1) is 0 Å². The van der Waals surface area contributed by atoms with Crippen LogP contribution in [0.4, 0.5) is 0 Å². The van der Waals surface area contributed by atoms with Gasteiger partial charge in [0.05, 0.1) is 32.1 Å². The van der Waals surface area contributed by atoms with E-state index >= 15 is 0 Å². The molecule has 7 heteroatoms. The number of carboxylic acid groups (broad SMARTS) is 1. The topological polar surface area (TPSA) is 87.7 Å². The maximum atomic E-state index is 10.9. The van der Waals surface area contributed by atoms with Crippen molar-refractivity contribution in [1.82, 2.24) is 15.1 Å². The minimum Gasteiger partial charge on any atom is -0.477 e. The number of aromatic amines is 1. The number of nitrogens with one attached hydrogen (secondary N) is 1. The Labute approximate surface area is 105 Å². The van der Waals surface area contributed by atoms with Crippen LogP contribution in [0.5, 0.6) is 0 Å². The van der Waals surface area contributed by atoms with Gasteiger partial charge in [-0.2, -0.15) is 5.10 Å². The third-order valence-corrected chi connectivity index (χ3v) is 2.77. The monoisotopic (exact) mass is 255 g/mol. The first kappa shape index (κ1) is 13.0. The molecule has 0 bridgehead atoms. The van der Waals surface area contributed by atoms with Crippen LogP contribution in [0.15, 0.2) is 6.20 Å². The van der Waals surface area contributed by atoms with Crippen molar-refractivity contribution in [3.63, 3.8) is 0 Å². The number of aromatic carboxylic acids is 1. The van der Waals surface area contributed by atoms with Crippen molar-refractivity contribution in [2.75, 3.05) is 33.4 Å². The average molecular weight is 255 g/mol. The SMILES string of the molecule is CN(Cc1cn[nH]c1C(=O)O)C[C@H]1COCCO1. The van der Waals surface area contributed by atoms with Crippen LogP contribution in [-0.2, 0) is 16.0 Å². The minimum atomic E-state index is -0.992. The van der Waals surface area contributed by atoms with E-state index in [1.165, 1.54) is 6.20 Å². The Morgan fingerprint density at radius 1 is 1.67 bits per heavy atom. The van der Waals surface area contributed by atoms with E-state index in [1.807, 2.05) is 11.9 Å². The van der Waals surface area contributed by atoms with E-state index in [1.54, 1.807) is 0 Å². The van der Waals surface area contributed by atoms with Gasteiger partial charge in [0, 0.05) is 18.7 Å². The summed E-state index contributed by atoms with van der Waals surface area (Å²) in [6.07, 6.45) is 1.59. The lowest BCUT2D eigenvalue weighted by Crippen LogP contribution is -2.38. The van der Waals surface area contributed by atoms with Crippen molar-refractivity contribution in [1.29, 1.82) is 0 Å². The van der Waals surface area contributed by atoms with Gasteiger partial charge >= 0.3 is 5.97 Å². The van der Waals surface area contributed by atoms with Crippen LogP contribution in [0.25, 0.3) is 0 Å². The zero-order valence-corrected chi connectivity index (χ0v) is 10.3. The summed E-state index contributed by atoms with van der Waals surface area (Å²) >= 11 is 0. The Bertz CT molecular complexity index is 401. The van der Waals surface area contributed by atoms with E-state index in [4.69, 9.17) is 14.6 Å². The van der Waals surface area contributed by atoms with Gasteiger partial charge in [0.25, 0.3) is 0 Å². The summed E-state index contributed by atoms with van der Waals surface area (Å²) in [5.41, 5.74) is 0.810. The smallest absolute Gasteiger partial charge is 0.354 e. The van der Waals surface area contributed by atoms with Crippen molar-refractivity contribution >= 4 is 5.97 Å². The Morgan fingerprint density at radius 3 is 3.17 bits per heavy atom. The van der Waals surface area contributed by atoms with Crippen LogP contribution in [0.3, 0.4) is 0 Å². The Kier molecular flexibility index (Phi) is 4.29. The van der Waals surface area contributed by atoms with E-state index in [0.717, 1.165) is 0 Å². The molecular weight excluding hydrogens is 238 g/mol. The number of ether oxygens (including phenoxy) is 2. The molecular formula is C11H17N3O4. The maximum Gasteiger partial charge on any atom is 0.354 e. The second-order valence-electron chi connectivity index (χ2n) is 4.34. The fourth-order valence-corrected chi connectivity index (χ4v) is 1.96. The number of nitrogens with zero attached hydrogens (tertiary/aromatic N) is 2. The van der Waals surface area contributed by atoms with Crippen LogP contribution in [0.1, 0.15) is 16.1 Å². The van der Waals surface area contributed by atoms with Gasteiger partial charge in [-0.3, -0.25) is 10.00 Å². The highest BCUT2D eigenvalue weighted by Crippen LogP contribution is 2.09. The number of aromatic nitrogens is 2. The molecule has 1 aromatic rings. The Hall–Kier alpha value is -1.44. The van der Waals surface area contributed by atoms with Gasteiger partial charge in [0.1, 0.15) is 5.69 Å². The number of rotatable bonds is 5. The second kappa shape index (κ2) is 5.94. The van der Waals surface area contributed by atoms with Gasteiger partial charge in [0.15, 0.2) is 0 Å². The summed E-state index contributed by atoms with van der Waals surface area (Å²) in [7, 11) is 1.91. The molecule has 0 aliphatic carbocycles. The van der Waals surface area contributed by atoms with Gasteiger partial charge in [-0.1, -0.05) is 0 Å². The van der Waals surface area contributed by atoms with E-state index in [0.29, 0.717) is 38.5 Å². The first-order valence-electron chi connectivity index (χ1n) is 5.80. The predicted molar refractivity (Wildman–Crippen MR) is 62.4 cm³/mol. The molecule has 1 aromatic heterocycles. The number of H-pyrrole nitrogens is 1. The molecule has 0 unspecified atom stereocenters. The lowest BCUT2D eigenvalue weighted by atomic mass is 10.2. The van der Waals surface area contributed by atoms with Crippen molar-refractivity contribution in [3.8, 4) is 0 Å². The number of hydrogen-bond donors (Lipinski definition) is 2. The molecule has 1 saturated heterocycles. The minimum absolute atomic E-state index is 0.0453. The molecule has 1 fully saturated rings. The molecule has 2 heterocycles. The Morgan fingerprint density at radius 2 is 2.50 bits per heavy atom. The predicted octanol–water partition coefficient (Wildman–Crippen LogP) is -0.0449. The lowest BCUT2D eigenvalue weighted by molar-refractivity contribution is -0.0962. The van der Waals surface area contributed by atoms with Crippen LogP contribution in [0, 0.1) is 0 Å². The van der Waals surface area contributed by atoms with Crippen LogP contribution in [0.2, 0.25) is 0 Å². The standard InChI is InChI=1S/C11H17N3O4/c1-14(6-9-7-17-2-3-18-9)5-8-4-12-13-10(8)11(15)16/h4,9H,2-3,5-7H2,1H3,(H,12,13)(H,15,16)/t9-/m0/s1. The summed E-state index contributed by atoms with van der Waals surface area (Å²) in [4.78, 5) is 12.9. The summed E-state index contributed by atoms with van der Waals surface area (Å²) in [5, 5.41) is 15.2. The molecule has 100 valence electrons. The number of hydrogen-bond acceptors (Lipinski definition) is 5. The van der Waals surface area contributed by atoms with Crippen molar-refractivity contribution in [2.45, 2.75) is 12.6 Å². The van der Waals surface area contributed by atoms with E-state index < -0.39 is 5.97 Å². The molecule has 0 aromatic carbocycles. The van der Waals surface area contributed by atoms with Gasteiger partial charge in [0.2, 0.25) is 0 Å². The van der Waals surface area contributed by atoms with E-state index in [9.17, 15) is 4.79 Å². The molecule has 1 aliphatic heterocycles. The summed E-state index contributed by atoms with van der Waals surface area (Å²) in [5.74, 6) is -0.992. The number of carbonyl (C=O) groups is 1. The van der Waals surface area contributed by atoms with Gasteiger partial charge in [-0.25, -0.2) is 4.79 Å². The lowest BCUT2D eigenvalue weighted by Gasteiger charge is -2.27. The summed E-state index contributed by atoms with van der Waals surface area (Å²) < 4.78 is 10.9. The maximum absolute atomic E-state index is 10.9. The first-order valence-corrected chi connectivity index (χ1v) is 5.80. The zero-order chi connectivity index (χ0) is 13.0.